The van der Waals surface area contributed by atoms with Crippen LogP contribution in [0.1, 0.15) is 35.1 Å². The quantitative estimate of drug-likeness (QED) is 0.811. The van der Waals surface area contributed by atoms with Crippen molar-refractivity contribution in [3.8, 4) is 18.2 Å². The third kappa shape index (κ3) is 2.55. The van der Waals surface area contributed by atoms with Crippen LogP contribution < -0.4 is 5.73 Å². The van der Waals surface area contributed by atoms with Crippen molar-refractivity contribution in [2.75, 3.05) is 0 Å². The van der Waals surface area contributed by atoms with Crippen molar-refractivity contribution in [3.05, 3.63) is 81.2 Å². The second kappa shape index (κ2) is 7.01. The van der Waals surface area contributed by atoms with E-state index in [0.29, 0.717) is 5.57 Å². The molecule has 2 N–H and O–H groups in total. The Labute approximate surface area is 168 Å². The van der Waals surface area contributed by atoms with Gasteiger partial charge in [0, 0.05) is 10.8 Å². The number of benzene rings is 1. The molecule has 2 aromatic rings. The van der Waals surface area contributed by atoms with Gasteiger partial charge in [0.05, 0.1) is 23.4 Å². The van der Waals surface area contributed by atoms with Crippen molar-refractivity contribution in [1.29, 1.82) is 15.8 Å². The van der Waals surface area contributed by atoms with Crippen LogP contribution in [-0.4, -0.2) is 0 Å². The minimum absolute atomic E-state index is 0.0964. The lowest BCUT2D eigenvalue weighted by atomic mass is 9.57. The number of thiophene rings is 1. The molecule has 0 bridgehead atoms. The number of fused-ring (bicyclic) bond motifs is 1. The molecule has 0 fully saturated rings. The van der Waals surface area contributed by atoms with Crippen LogP contribution in [0.5, 0.6) is 0 Å². The Morgan fingerprint density at radius 3 is 2.39 bits per heavy atom. The summed E-state index contributed by atoms with van der Waals surface area (Å²) in [6, 6.07) is 20.7. The van der Waals surface area contributed by atoms with Crippen molar-refractivity contribution in [3.63, 3.8) is 0 Å². The summed E-state index contributed by atoms with van der Waals surface area (Å²) in [6.07, 6.45) is 3.69. The lowest BCUT2D eigenvalue weighted by Crippen LogP contribution is -2.43. The second-order valence-corrected chi connectivity index (χ2v) is 8.25. The molecule has 5 heteroatoms. The zero-order chi connectivity index (χ0) is 19.7. The summed E-state index contributed by atoms with van der Waals surface area (Å²) in [6.45, 7) is 0. The topological polar surface area (TPSA) is 97.4 Å². The van der Waals surface area contributed by atoms with Gasteiger partial charge in [0.25, 0.3) is 0 Å². The zero-order valence-electron chi connectivity index (χ0n) is 15.2. The van der Waals surface area contributed by atoms with Gasteiger partial charge in [0.1, 0.15) is 6.07 Å². The summed E-state index contributed by atoms with van der Waals surface area (Å²) in [5.74, 6) is -0.192. The molecule has 0 aliphatic heterocycles. The molecule has 0 radical (unpaired) electrons. The van der Waals surface area contributed by atoms with Crippen LogP contribution >= 0.6 is 11.3 Å². The van der Waals surface area contributed by atoms with E-state index in [1.165, 1.54) is 16.9 Å². The smallest absolute Gasteiger partial charge is 0.192 e. The monoisotopic (exact) mass is 382 g/mol. The molecular weight excluding hydrogens is 364 g/mol. The van der Waals surface area contributed by atoms with Crippen molar-refractivity contribution in [2.24, 2.45) is 17.1 Å². The number of hydrogen-bond acceptors (Lipinski definition) is 5. The Morgan fingerprint density at radius 2 is 1.79 bits per heavy atom. The molecule has 28 heavy (non-hydrogen) atoms. The van der Waals surface area contributed by atoms with Gasteiger partial charge in [0.15, 0.2) is 5.41 Å². The van der Waals surface area contributed by atoms with Gasteiger partial charge in [-0.3, -0.25) is 0 Å². The van der Waals surface area contributed by atoms with E-state index < -0.39 is 5.41 Å². The SMILES string of the molecule is N#CC1=C(N)C(C#N)(C#N)[C@H](c2cccs2)[C@H]2C[C@@H](c3ccccc3)CC=C12. The molecule has 0 saturated heterocycles. The fourth-order valence-corrected chi connectivity index (χ4v) is 5.62. The molecule has 1 aromatic carbocycles. The van der Waals surface area contributed by atoms with E-state index in [0.717, 1.165) is 23.3 Å². The van der Waals surface area contributed by atoms with Crippen molar-refractivity contribution in [1.82, 2.24) is 0 Å². The predicted molar refractivity (Wildman–Crippen MR) is 108 cm³/mol. The molecule has 136 valence electrons. The summed E-state index contributed by atoms with van der Waals surface area (Å²) in [4.78, 5) is 0.965. The maximum absolute atomic E-state index is 10.1. The van der Waals surface area contributed by atoms with Crippen LogP contribution in [0.25, 0.3) is 0 Å². The Morgan fingerprint density at radius 1 is 1.04 bits per heavy atom. The number of rotatable bonds is 2. The van der Waals surface area contributed by atoms with Crippen molar-refractivity contribution < 1.29 is 0 Å². The molecule has 4 rings (SSSR count). The highest BCUT2D eigenvalue weighted by Crippen LogP contribution is 2.58. The first-order valence-electron chi connectivity index (χ1n) is 9.18. The molecular formula is C23H18N4S. The van der Waals surface area contributed by atoms with Crippen LogP contribution in [0.2, 0.25) is 0 Å². The van der Waals surface area contributed by atoms with Gasteiger partial charge in [-0.15, -0.1) is 11.3 Å². The van der Waals surface area contributed by atoms with E-state index in [-0.39, 0.29) is 23.5 Å². The molecule has 2 aliphatic carbocycles. The number of hydrogen-bond donors (Lipinski definition) is 1. The second-order valence-electron chi connectivity index (χ2n) is 7.27. The van der Waals surface area contributed by atoms with Gasteiger partial charge in [-0.1, -0.05) is 42.5 Å². The standard InChI is InChI=1S/C23H18N4S/c24-12-19-17-9-8-16(15-5-2-1-3-6-15)11-18(17)21(20-7-4-10-28-20)23(13-25,14-26)22(19)27/h1-7,9-10,16,18,21H,8,11,27H2/t16-,18-,21-/m0/s1. The number of allylic oxidation sites excluding steroid dienone is 4. The first-order chi connectivity index (χ1) is 13.7. The number of nitrogens with zero attached hydrogens (tertiary/aromatic N) is 3. The average molecular weight is 382 g/mol. The first kappa shape index (κ1) is 18.1. The molecule has 0 amide bonds. The van der Waals surface area contributed by atoms with Crippen LogP contribution in [0.3, 0.4) is 0 Å². The van der Waals surface area contributed by atoms with Crippen LogP contribution in [0.15, 0.2) is 70.8 Å². The molecule has 0 saturated carbocycles. The third-order valence-electron chi connectivity index (χ3n) is 6.00. The van der Waals surface area contributed by atoms with Crippen LogP contribution in [0.4, 0.5) is 0 Å². The number of nitriles is 3. The Kier molecular flexibility index (Phi) is 4.52. The minimum Gasteiger partial charge on any atom is -0.399 e. The van der Waals surface area contributed by atoms with E-state index in [2.05, 4.69) is 36.4 Å². The van der Waals surface area contributed by atoms with Gasteiger partial charge in [-0.05, 0) is 47.3 Å². The van der Waals surface area contributed by atoms with Gasteiger partial charge in [-0.25, -0.2) is 0 Å². The van der Waals surface area contributed by atoms with Gasteiger partial charge >= 0.3 is 0 Å². The van der Waals surface area contributed by atoms with E-state index in [1.807, 2.05) is 35.7 Å². The predicted octanol–water partition coefficient (Wildman–Crippen LogP) is 4.74. The lowest BCUT2D eigenvalue weighted by molar-refractivity contribution is 0.307. The highest BCUT2D eigenvalue weighted by molar-refractivity contribution is 7.10. The van der Waals surface area contributed by atoms with Gasteiger partial charge in [0.2, 0.25) is 0 Å². The number of nitrogens with two attached hydrogens (primary N) is 1. The summed E-state index contributed by atoms with van der Waals surface area (Å²) < 4.78 is 0. The Balaban J connectivity index is 1.91. The van der Waals surface area contributed by atoms with E-state index in [9.17, 15) is 15.8 Å². The molecule has 2 aliphatic rings. The third-order valence-corrected chi connectivity index (χ3v) is 6.95. The van der Waals surface area contributed by atoms with E-state index >= 15 is 0 Å². The first-order valence-corrected chi connectivity index (χ1v) is 10.1. The fourth-order valence-electron chi connectivity index (χ4n) is 4.66. The molecule has 1 heterocycles. The largest absolute Gasteiger partial charge is 0.399 e. The molecule has 1 aromatic heterocycles. The maximum Gasteiger partial charge on any atom is 0.192 e. The molecule has 0 spiro atoms. The zero-order valence-corrected chi connectivity index (χ0v) is 16.0. The summed E-state index contributed by atoms with van der Waals surface area (Å²) in [5, 5.41) is 31.8. The highest BCUT2D eigenvalue weighted by Gasteiger charge is 2.54. The maximum atomic E-state index is 10.1. The van der Waals surface area contributed by atoms with Gasteiger partial charge < -0.3 is 5.73 Å². The summed E-state index contributed by atoms with van der Waals surface area (Å²) >= 11 is 1.54. The Bertz CT molecular complexity index is 1060. The van der Waals surface area contributed by atoms with Crippen molar-refractivity contribution >= 4 is 11.3 Å². The highest BCUT2D eigenvalue weighted by atomic mass is 32.1. The average Bonchev–Trinajstić information content (AvgIpc) is 3.27. The lowest BCUT2D eigenvalue weighted by Gasteiger charge is -2.44. The minimum atomic E-state index is -1.53. The normalized spacial score (nSPS) is 25.6. The molecule has 4 nitrogen and oxygen atoms in total. The van der Waals surface area contributed by atoms with Crippen LogP contribution in [-0.2, 0) is 0 Å². The van der Waals surface area contributed by atoms with Crippen molar-refractivity contribution in [2.45, 2.75) is 24.7 Å². The Hall–Kier alpha value is -3.33. The summed E-state index contributed by atoms with van der Waals surface area (Å²) in [5.41, 5.74) is 7.33. The van der Waals surface area contributed by atoms with E-state index in [4.69, 9.17) is 5.73 Å². The molecule has 0 unspecified atom stereocenters. The fraction of sp³-hybridized carbons (Fsp3) is 0.261. The van der Waals surface area contributed by atoms with E-state index in [1.54, 1.807) is 0 Å². The van der Waals surface area contributed by atoms with Crippen LogP contribution in [0, 0.1) is 45.3 Å². The summed E-state index contributed by atoms with van der Waals surface area (Å²) in [7, 11) is 0. The van der Waals surface area contributed by atoms with Gasteiger partial charge in [-0.2, -0.15) is 15.8 Å². The molecule has 3 atom stereocenters.